The molecule has 7 heteroatoms. The van der Waals surface area contributed by atoms with Crippen LogP contribution in [0.5, 0.6) is 0 Å². The van der Waals surface area contributed by atoms with Crippen LogP contribution in [0, 0.1) is 18.3 Å². The van der Waals surface area contributed by atoms with Gasteiger partial charge in [0.05, 0.1) is 11.1 Å². The molecule has 33 heavy (non-hydrogen) atoms. The van der Waals surface area contributed by atoms with Crippen molar-refractivity contribution in [3.8, 4) is 5.69 Å². The van der Waals surface area contributed by atoms with E-state index in [1.807, 2.05) is 38.1 Å². The Morgan fingerprint density at radius 1 is 1.27 bits per heavy atom. The summed E-state index contributed by atoms with van der Waals surface area (Å²) in [7, 11) is 0. The van der Waals surface area contributed by atoms with Crippen LogP contribution in [-0.2, 0) is 12.8 Å². The molecule has 4 aromatic rings. The topological polar surface area (TPSA) is 52.2 Å². The summed E-state index contributed by atoms with van der Waals surface area (Å²) in [5, 5.41) is 10.7. The van der Waals surface area contributed by atoms with Crippen LogP contribution in [0.2, 0.25) is 0 Å². The Bertz CT molecular complexity index is 1450. The Morgan fingerprint density at radius 3 is 2.73 bits per heavy atom. The summed E-state index contributed by atoms with van der Waals surface area (Å²) in [4.78, 5) is 16.4. The molecule has 5 nitrogen and oxygen atoms in total. The van der Waals surface area contributed by atoms with E-state index in [9.17, 15) is 4.79 Å². The lowest BCUT2D eigenvalue weighted by molar-refractivity contribution is 0.218. The van der Waals surface area contributed by atoms with Gasteiger partial charge in [-0.05, 0) is 61.6 Å². The number of aryl methyl sites for hydroxylation is 2. The summed E-state index contributed by atoms with van der Waals surface area (Å²) in [6.07, 6.45) is 3.09. The predicted octanol–water partition coefficient (Wildman–Crippen LogP) is 6.22. The fourth-order valence-electron chi connectivity index (χ4n) is 4.79. The lowest BCUT2D eigenvalue weighted by Crippen LogP contribution is -2.27. The molecule has 5 rings (SSSR count). The highest BCUT2D eigenvalue weighted by Gasteiger charge is 2.33. The Morgan fingerprint density at radius 2 is 2.03 bits per heavy atom. The molecule has 0 fully saturated rings. The van der Waals surface area contributed by atoms with Gasteiger partial charge in [-0.1, -0.05) is 62.9 Å². The molecular weight excluding hydrogens is 448 g/mol. The van der Waals surface area contributed by atoms with Gasteiger partial charge in [0.2, 0.25) is 5.78 Å². The van der Waals surface area contributed by atoms with Gasteiger partial charge in [-0.2, -0.15) is 0 Å². The number of thiophene rings is 1. The monoisotopic (exact) mass is 478 g/mol. The van der Waals surface area contributed by atoms with Crippen molar-refractivity contribution < 1.29 is 0 Å². The van der Waals surface area contributed by atoms with E-state index >= 15 is 0 Å². The zero-order valence-corrected chi connectivity index (χ0v) is 21.6. The van der Waals surface area contributed by atoms with Crippen LogP contribution in [0.1, 0.15) is 50.1 Å². The molecule has 1 aromatic carbocycles. The quantitative estimate of drug-likeness (QED) is 0.258. The van der Waals surface area contributed by atoms with Gasteiger partial charge in [-0.25, -0.2) is 8.97 Å². The van der Waals surface area contributed by atoms with E-state index in [4.69, 9.17) is 0 Å². The van der Waals surface area contributed by atoms with Crippen molar-refractivity contribution in [3.05, 3.63) is 62.8 Å². The van der Waals surface area contributed by atoms with Gasteiger partial charge in [0, 0.05) is 10.6 Å². The van der Waals surface area contributed by atoms with Crippen molar-refractivity contribution in [1.82, 2.24) is 19.2 Å². The van der Waals surface area contributed by atoms with Crippen molar-refractivity contribution in [3.63, 3.8) is 0 Å². The van der Waals surface area contributed by atoms with E-state index in [0.717, 1.165) is 57.2 Å². The Labute approximate surface area is 202 Å². The van der Waals surface area contributed by atoms with E-state index in [1.165, 1.54) is 10.4 Å². The maximum absolute atomic E-state index is 14.0. The molecule has 0 radical (unpaired) electrons. The molecule has 0 spiro atoms. The minimum atomic E-state index is 0.0161. The van der Waals surface area contributed by atoms with Crippen LogP contribution < -0.4 is 5.56 Å². The van der Waals surface area contributed by atoms with Crippen LogP contribution in [0.15, 0.2) is 46.4 Å². The maximum atomic E-state index is 14.0. The molecule has 0 bridgehead atoms. The van der Waals surface area contributed by atoms with Gasteiger partial charge in [0.25, 0.3) is 5.56 Å². The minimum absolute atomic E-state index is 0.0161. The minimum Gasteiger partial charge on any atom is -0.268 e. The van der Waals surface area contributed by atoms with Gasteiger partial charge in [-0.15, -0.1) is 21.5 Å². The molecule has 0 saturated carbocycles. The van der Waals surface area contributed by atoms with Gasteiger partial charge in [-0.3, -0.25) is 4.79 Å². The van der Waals surface area contributed by atoms with Gasteiger partial charge in [0.1, 0.15) is 4.83 Å². The number of aromatic nitrogens is 4. The van der Waals surface area contributed by atoms with E-state index in [-0.39, 0.29) is 11.0 Å². The number of nitrogens with zero attached hydrogens (tertiary/aromatic N) is 4. The highest BCUT2D eigenvalue weighted by molar-refractivity contribution is 7.99. The van der Waals surface area contributed by atoms with Crippen LogP contribution >= 0.6 is 23.1 Å². The predicted molar refractivity (Wildman–Crippen MR) is 139 cm³/mol. The van der Waals surface area contributed by atoms with Gasteiger partial charge < -0.3 is 0 Å². The number of thioether (sulfide) groups is 1. The van der Waals surface area contributed by atoms with E-state index < -0.39 is 0 Å². The number of rotatable bonds is 4. The van der Waals surface area contributed by atoms with Crippen molar-refractivity contribution in [2.75, 3.05) is 5.75 Å². The summed E-state index contributed by atoms with van der Waals surface area (Å²) >= 11 is 3.38. The smallest absolute Gasteiger partial charge is 0.268 e. The number of fused-ring (bicyclic) bond motifs is 5. The van der Waals surface area contributed by atoms with Gasteiger partial charge in [0.15, 0.2) is 5.16 Å². The zero-order chi connectivity index (χ0) is 23.5. The fourth-order valence-corrected chi connectivity index (χ4v) is 7.04. The molecule has 0 amide bonds. The Hall–Kier alpha value is -2.38. The highest BCUT2D eigenvalue weighted by atomic mass is 32.2. The second kappa shape index (κ2) is 8.13. The molecule has 1 atom stereocenters. The number of hydrogen-bond acceptors (Lipinski definition) is 5. The van der Waals surface area contributed by atoms with Crippen molar-refractivity contribution >= 4 is 39.1 Å². The highest BCUT2D eigenvalue weighted by Crippen LogP contribution is 2.43. The Kier molecular flexibility index (Phi) is 5.52. The average molecular weight is 479 g/mol. The number of hydrogen-bond donors (Lipinski definition) is 0. The number of benzene rings is 1. The molecule has 172 valence electrons. The number of para-hydroxylation sites is 1. The Balaban J connectivity index is 1.83. The first kappa shape index (κ1) is 22.4. The maximum Gasteiger partial charge on any atom is 0.268 e. The third-order valence-electron chi connectivity index (χ3n) is 6.71. The molecule has 3 aromatic heterocycles. The molecule has 0 aliphatic heterocycles. The molecule has 1 unspecified atom stereocenters. The third kappa shape index (κ3) is 3.75. The molecule has 1 aliphatic carbocycles. The van der Waals surface area contributed by atoms with E-state index in [2.05, 4.69) is 41.9 Å². The van der Waals surface area contributed by atoms with Crippen molar-refractivity contribution in [1.29, 1.82) is 0 Å². The largest absolute Gasteiger partial charge is 0.268 e. The normalized spacial score (nSPS) is 16.5. The zero-order valence-electron chi connectivity index (χ0n) is 19.9. The molecule has 0 saturated heterocycles. The molecule has 1 aliphatic rings. The second-order valence-electron chi connectivity index (χ2n) is 10.3. The fraction of sp³-hybridized carbons (Fsp3) is 0.423. The van der Waals surface area contributed by atoms with Gasteiger partial charge >= 0.3 is 0 Å². The molecular formula is C26H30N4OS2. The lowest BCUT2D eigenvalue weighted by Gasteiger charge is -2.33. The summed E-state index contributed by atoms with van der Waals surface area (Å²) in [5.41, 5.74) is 4.48. The third-order valence-corrected chi connectivity index (χ3v) is 9.11. The summed E-state index contributed by atoms with van der Waals surface area (Å²) in [5.74, 6) is 1.96. The lowest BCUT2D eigenvalue weighted by atomic mass is 9.72. The summed E-state index contributed by atoms with van der Waals surface area (Å²) in [6, 6.07) is 8.00. The average Bonchev–Trinajstić information content (AvgIpc) is 3.34. The first-order chi connectivity index (χ1) is 15.7. The first-order valence-electron chi connectivity index (χ1n) is 11.4. The van der Waals surface area contributed by atoms with Crippen LogP contribution in [0.4, 0.5) is 0 Å². The summed E-state index contributed by atoms with van der Waals surface area (Å²) in [6.45, 7) is 15.1. The molecule has 0 N–H and O–H groups in total. The van der Waals surface area contributed by atoms with Crippen LogP contribution in [-0.4, -0.2) is 24.9 Å². The second-order valence-corrected chi connectivity index (χ2v) is 12.3. The van der Waals surface area contributed by atoms with Crippen molar-refractivity contribution in [2.45, 2.75) is 59.0 Å². The van der Waals surface area contributed by atoms with E-state index in [0.29, 0.717) is 11.7 Å². The standard InChI is InChI=1S/C26H30N4OS2/c1-15(2)14-32-25-28-27-24-29(19-10-8-7-9-16(19)3)22(31)21-18-12-11-17(26(4,5)6)13-20(18)33-23(21)30(24)25/h7-10,17H,1,11-14H2,2-6H3. The van der Waals surface area contributed by atoms with Crippen LogP contribution in [0.25, 0.3) is 21.7 Å². The van der Waals surface area contributed by atoms with Crippen molar-refractivity contribution in [2.24, 2.45) is 11.3 Å². The molecule has 3 heterocycles. The van der Waals surface area contributed by atoms with Crippen LogP contribution in [0.3, 0.4) is 0 Å². The summed E-state index contributed by atoms with van der Waals surface area (Å²) < 4.78 is 3.87. The first-order valence-corrected chi connectivity index (χ1v) is 13.2. The SMILES string of the molecule is C=C(C)CSc1nnc2n(-c3ccccc3C)c(=O)c3c4c(sc3n12)CC(C(C)(C)C)CC4. The van der Waals surface area contributed by atoms with E-state index in [1.54, 1.807) is 27.7 Å².